The Morgan fingerprint density at radius 2 is 2.00 bits per heavy atom. The summed E-state index contributed by atoms with van der Waals surface area (Å²) in [4.78, 5) is 0. The molecule has 1 N–H and O–H groups in total. The molecule has 1 saturated heterocycles. The number of hydrogen-bond donors (Lipinski definition) is 1. The number of likely N-dealkylation sites (N-methyl/N-ethyl adjacent to an activating group) is 1. The van der Waals surface area contributed by atoms with Gasteiger partial charge in [-0.15, -0.1) is 0 Å². The van der Waals surface area contributed by atoms with Crippen LogP contribution < -0.4 is 5.32 Å². The first-order chi connectivity index (χ1) is 7.36. The first-order valence-electron chi connectivity index (χ1n) is 5.91. The highest BCUT2D eigenvalue weighted by Crippen LogP contribution is 2.21. The van der Waals surface area contributed by atoms with Crippen molar-refractivity contribution >= 4 is 11.2 Å². The molecule has 0 bridgehead atoms. The molecule has 0 spiro atoms. The molecule has 0 aromatic rings. The molecule has 1 fully saturated rings. The molecule has 2 atom stereocenters. The topological polar surface area (TPSA) is 35.6 Å². The lowest BCUT2D eigenvalue weighted by molar-refractivity contribution is 0.223. The molecule has 0 aliphatic carbocycles. The largest absolute Gasteiger partial charge is 0.315 e. The Hall–Kier alpha value is 0.0300. The van der Waals surface area contributed by atoms with Gasteiger partial charge in [-0.05, 0) is 18.9 Å². The minimum Gasteiger partial charge on any atom is -0.315 e. The van der Waals surface area contributed by atoms with Crippen molar-refractivity contribution < 1.29 is 4.21 Å². The van der Waals surface area contributed by atoms with Crippen LogP contribution in [0, 0.1) is 5.41 Å². The molecule has 4 nitrogen and oxygen atoms in total. The van der Waals surface area contributed by atoms with E-state index in [4.69, 9.17) is 0 Å². The van der Waals surface area contributed by atoms with E-state index in [1.165, 1.54) is 0 Å². The molecule has 96 valence electrons. The molecule has 5 heteroatoms. The average Bonchev–Trinajstić information content (AvgIpc) is 2.18. The Balaban J connectivity index is 2.61. The summed E-state index contributed by atoms with van der Waals surface area (Å²) >= 11 is -0.953. The van der Waals surface area contributed by atoms with Crippen molar-refractivity contribution in [3.63, 3.8) is 0 Å². The van der Waals surface area contributed by atoms with E-state index in [1.807, 2.05) is 18.4 Å². The van der Waals surface area contributed by atoms with Crippen LogP contribution in [0.2, 0.25) is 0 Å². The van der Waals surface area contributed by atoms with Gasteiger partial charge in [0.25, 0.3) is 0 Å². The highest BCUT2D eigenvalue weighted by molar-refractivity contribution is 7.80. The maximum absolute atomic E-state index is 12.0. The summed E-state index contributed by atoms with van der Waals surface area (Å²) in [6, 6.07) is 0.364. The Morgan fingerprint density at radius 3 is 2.50 bits per heavy atom. The standard InChI is InChI=1S/C11H25N3OS/c1-11(2,3)10(12-4)9-14-8-6-7-13(5)16(14)15/h10,12H,6-9H2,1-5H3. The van der Waals surface area contributed by atoms with E-state index in [0.29, 0.717) is 6.04 Å². The predicted octanol–water partition coefficient (Wildman–Crippen LogP) is 0.837. The Kier molecular flexibility index (Phi) is 4.91. The first-order valence-corrected chi connectivity index (χ1v) is 6.98. The Labute approximate surface area is 102 Å². The Bertz CT molecular complexity index is 252. The van der Waals surface area contributed by atoms with E-state index in [0.717, 1.165) is 26.1 Å². The monoisotopic (exact) mass is 247 g/mol. The quantitative estimate of drug-likeness (QED) is 0.802. The molecule has 0 aromatic carbocycles. The SMILES string of the molecule is CNC(CN1CCCN(C)S1=O)C(C)(C)C. The fourth-order valence-corrected chi connectivity index (χ4v) is 3.22. The molecule has 0 radical (unpaired) electrons. The number of hydrogen-bond acceptors (Lipinski definition) is 2. The van der Waals surface area contributed by atoms with Crippen LogP contribution in [-0.2, 0) is 11.2 Å². The van der Waals surface area contributed by atoms with Gasteiger partial charge in [-0.25, -0.2) is 12.8 Å². The summed E-state index contributed by atoms with van der Waals surface area (Å²) in [5.41, 5.74) is 0.189. The van der Waals surface area contributed by atoms with Gasteiger partial charge in [0, 0.05) is 32.7 Å². The molecule has 0 aromatic heterocycles. The van der Waals surface area contributed by atoms with Crippen LogP contribution in [0.25, 0.3) is 0 Å². The highest BCUT2D eigenvalue weighted by atomic mass is 32.2. The summed E-state index contributed by atoms with van der Waals surface area (Å²) in [6.45, 7) is 9.35. The molecule has 16 heavy (non-hydrogen) atoms. The van der Waals surface area contributed by atoms with E-state index in [1.54, 1.807) is 0 Å². The van der Waals surface area contributed by atoms with E-state index >= 15 is 0 Å². The van der Waals surface area contributed by atoms with Gasteiger partial charge >= 0.3 is 0 Å². The molecule has 2 unspecified atom stereocenters. The lowest BCUT2D eigenvalue weighted by Gasteiger charge is -2.38. The zero-order chi connectivity index (χ0) is 12.3. The van der Waals surface area contributed by atoms with Crippen LogP contribution in [0.4, 0.5) is 0 Å². The molecule has 0 saturated carbocycles. The smallest absolute Gasteiger partial charge is 0.172 e. The highest BCUT2D eigenvalue weighted by Gasteiger charge is 2.30. The zero-order valence-corrected chi connectivity index (χ0v) is 11.9. The van der Waals surface area contributed by atoms with Crippen molar-refractivity contribution in [2.24, 2.45) is 5.41 Å². The van der Waals surface area contributed by atoms with Crippen LogP contribution in [0.1, 0.15) is 27.2 Å². The minimum atomic E-state index is -0.953. The van der Waals surface area contributed by atoms with Gasteiger partial charge in [-0.1, -0.05) is 20.8 Å². The van der Waals surface area contributed by atoms with Crippen LogP contribution >= 0.6 is 0 Å². The second kappa shape index (κ2) is 5.58. The second-order valence-electron chi connectivity index (χ2n) is 5.53. The van der Waals surface area contributed by atoms with Gasteiger partial charge in [0.15, 0.2) is 11.2 Å². The summed E-state index contributed by atoms with van der Waals surface area (Å²) in [6.07, 6.45) is 1.10. The minimum absolute atomic E-state index is 0.189. The van der Waals surface area contributed by atoms with E-state index in [-0.39, 0.29) is 5.41 Å². The van der Waals surface area contributed by atoms with Gasteiger partial charge in [0.1, 0.15) is 0 Å². The molecule has 1 aliphatic rings. The maximum Gasteiger partial charge on any atom is 0.172 e. The third-order valence-electron chi connectivity index (χ3n) is 3.15. The van der Waals surface area contributed by atoms with Gasteiger partial charge in [-0.3, -0.25) is 0 Å². The molecular weight excluding hydrogens is 222 g/mol. The fraction of sp³-hybridized carbons (Fsp3) is 1.00. The Morgan fingerprint density at radius 1 is 1.38 bits per heavy atom. The van der Waals surface area contributed by atoms with Crippen LogP contribution in [0.5, 0.6) is 0 Å². The third kappa shape index (κ3) is 3.52. The summed E-state index contributed by atoms with van der Waals surface area (Å²) in [5.74, 6) is 0. The summed E-state index contributed by atoms with van der Waals surface area (Å²) < 4.78 is 16.0. The van der Waals surface area contributed by atoms with Gasteiger partial charge in [0.2, 0.25) is 0 Å². The van der Waals surface area contributed by atoms with Gasteiger partial charge < -0.3 is 5.32 Å². The first kappa shape index (κ1) is 14.1. The average molecular weight is 247 g/mol. The lowest BCUT2D eigenvalue weighted by Crippen LogP contribution is -2.52. The maximum atomic E-state index is 12.0. The van der Waals surface area contributed by atoms with Crippen LogP contribution in [-0.4, -0.2) is 52.6 Å². The number of nitrogens with one attached hydrogen (secondary N) is 1. The van der Waals surface area contributed by atoms with Crippen molar-refractivity contribution in [2.45, 2.75) is 33.2 Å². The normalized spacial score (nSPS) is 26.9. The molecule has 0 amide bonds. The van der Waals surface area contributed by atoms with E-state index in [2.05, 4.69) is 30.4 Å². The van der Waals surface area contributed by atoms with Crippen molar-refractivity contribution in [3.8, 4) is 0 Å². The fourth-order valence-electron chi connectivity index (χ4n) is 1.98. The summed E-state index contributed by atoms with van der Waals surface area (Å²) in [5, 5.41) is 3.33. The van der Waals surface area contributed by atoms with Crippen LogP contribution in [0.15, 0.2) is 0 Å². The second-order valence-corrected chi connectivity index (χ2v) is 7.13. The third-order valence-corrected chi connectivity index (χ3v) is 4.64. The lowest BCUT2D eigenvalue weighted by atomic mass is 9.87. The van der Waals surface area contributed by atoms with E-state index < -0.39 is 11.2 Å². The summed E-state index contributed by atoms with van der Waals surface area (Å²) in [7, 11) is 3.90. The van der Waals surface area contributed by atoms with Crippen molar-refractivity contribution in [2.75, 3.05) is 33.7 Å². The number of nitrogens with zero attached hydrogens (tertiary/aromatic N) is 2. The molecular formula is C11H25N3OS. The van der Waals surface area contributed by atoms with Crippen molar-refractivity contribution in [1.82, 2.24) is 13.9 Å². The van der Waals surface area contributed by atoms with E-state index in [9.17, 15) is 4.21 Å². The molecule has 1 rings (SSSR count). The molecule has 1 aliphatic heterocycles. The number of rotatable bonds is 3. The van der Waals surface area contributed by atoms with Gasteiger partial charge in [-0.2, -0.15) is 0 Å². The molecule has 1 heterocycles. The predicted molar refractivity (Wildman–Crippen MR) is 69.3 cm³/mol. The van der Waals surface area contributed by atoms with Crippen molar-refractivity contribution in [1.29, 1.82) is 0 Å². The van der Waals surface area contributed by atoms with Crippen molar-refractivity contribution in [3.05, 3.63) is 0 Å². The zero-order valence-electron chi connectivity index (χ0n) is 11.1. The van der Waals surface area contributed by atoms with Crippen LogP contribution in [0.3, 0.4) is 0 Å². The van der Waals surface area contributed by atoms with Gasteiger partial charge in [0.05, 0.1) is 0 Å².